The highest BCUT2D eigenvalue weighted by molar-refractivity contribution is 6.35. The Bertz CT molecular complexity index is 518. The zero-order chi connectivity index (χ0) is 13.3. The van der Waals surface area contributed by atoms with Gasteiger partial charge in [-0.1, -0.05) is 6.07 Å². The summed E-state index contributed by atoms with van der Waals surface area (Å²) in [6.45, 7) is 1.93. The van der Waals surface area contributed by atoms with Crippen molar-refractivity contribution in [3.05, 3.63) is 29.6 Å². The minimum atomic E-state index is -0.821. The molecule has 0 aliphatic carbocycles. The third kappa shape index (κ3) is 2.01. The Balaban J connectivity index is 2.33. The number of amides is 2. The third-order valence-electron chi connectivity index (χ3n) is 2.99. The van der Waals surface area contributed by atoms with Gasteiger partial charge < -0.3 is 15.4 Å². The molecular formula is C12H13FN2O3. The lowest BCUT2D eigenvalue weighted by atomic mass is 9.90. The zero-order valence-corrected chi connectivity index (χ0v) is 10.0. The molecule has 6 heteroatoms. The van der Waals surface area contributed by atoms with Gasteiger partial charge in [0.15, 0.2) is 11.6 Å². The van der Waals surface area contributed by atoms with Crippen LogP contribution in [0.1, 0.15) is 12.5 Å². The molecule has 2 rings (SSSR count). The van der Waals surface area contributed by atoms with Crippen LogP contribution in [0.4, 0.5) is 4.39 Å². The second-order valence-corrected chi connectivity index (χ2v) is 4.32. The number of piperazine rings is 1. The molecule has 1 fully saturated rings. The molecule has 1 aromatic carbocycles. The van der Waals surface area contributed by atoms with Crippen molar-refractivity contribution in [3.63, 3.8) is 0 Å². The molecule has 0 aromatic heterocycles. The second kappa shape index (κ2) is 4.29. The van der Waals surface area contributed by atoms with E-state index in [4.69, 9.17) is 4.74 Å². The van der Waals surface area contributed by atoms with Gasteiger partial charge in [0.25, 0.3) is 0 Å². The minimum absolute atomic E-state index is 0.133. The molecule has 1 heterocycles. The number of rotatable bonds is 2. The highest BCUT2D eigenvalue weighted by Crippen LogP contribution is 2.26. The highest BCUT2D eigenvalue weighted by Gasteiger charge is 2.36. The summed E-state index contributed by atoms with van der Waals surface area (Å²) in [6, 6.07) is 4.43. The number of halogens is 1. The molecule has 1 aliphatic heterocycles. The number of carbonyl (C=O) groups is 2. The van der Waals surface area contributed by atoms with E-state index < -0.39 is 23.2 Å². The minimum Gasteiger partial charge on any atom is -0.494 e. The fraction of sp³-hybridized carbons (Fsp3) is 0.333. The van der Waals surface area contributed by atoms with Gasteiger partial charge in [0, 0.05) is 6.54 Å². The predicted molar refractivity (Wildman–Crippen MR) is 61.5 cm³/mol. The van der Waals surface area contributed by atoms with Gasteiger partial charge in [-0.3, -0.25) is 9.59 Å². The van der Waals surface area contributed by atoms with Crippen molar-refractivity contribution in [2.75, 3.05) is 13.7 Å². The van der Waals surface area contributed by atoms with Crippen LogP contribution in [0.15, 0.2) is 18.2 Å². The smallest absolute Gasteiger partial charge is 0.310 e. The summed E-state index contributed by atoms with van der Waals surface area (Å²) in [5.74, 6) is -1.78. The normalized spacial score (nSPS) is 23.3. The average Bonchev–Trinajstić information content (AvgIpc) is 2.34. The maximum atomic E-state index is 13.6. The Morgan fingerprint density at radius 1 is 1.33 bits per heavy atom. The van der Waals surface area contributed by atoms with Crippen LogP contribution >= 0.6 is 0 Å². The Hall–Kier alpha value is -2.11. The number of nitrogens with one attached hydrogen (secondary N) is 2. The molecule has 2 amide bonds. The number of hydrogen-bond donors (Lipinski definition) is 2. The summed E-state index contributed by atoms with van der Waals surface area (Å²) in [5.41, 5.74) is -0.257. The van der Waals surface area contributed by atoms with E-state index in [1.54, 1.807) is 13.0 Å². The van der Waals surface area contributed by atoms with Crippen LogP contribution in [0.3, 0.4) is 0 Å². The van der Waals surface area contributed by atoms with E-state index in [1.165, 1.54) is 19.2 Å². The molecule has 0 saturated carbocycles. The highest BCUT2D eigenvalue weighted by atomic mass is 19.1. The largest absolute Gasteiger partial charge is 0.494 e. The lowest BCUT2D eigenvalue weighted by molar-refractivity contribution is -0.142. The van der Waals surface area contributed by atoms with Crippen LogP contribution in [0, 0.1) is 5.82 Å². The molecule has 5 nitrogen and oxygen atoms in total. The van der Waals surface area contributed by atoms with E-state index in [0.29, 0.717) is 5.56 Å². The topological polar surface area (TPSA) is 67.4 Å². The van der Waals surface area contributed by atoms with Crippen LogP contribution in [0.2, 0.25) is 0 Å². The molecule has 1 aliphatic rings. The van der Waals surface area contributed by atoms with Gasteiger partial charge in [-0.2, -0.15) is 0 Å². The summed E-state index contributed by atoms with van der Waals surface area (Å²) < 4.78 is 18.5. The summed E-state index contributed by atoms with van der Waals surface area (Å²) >= 11 is 0. The molecule has 1 aromatic rings. The van der Waals surface area contributed by atoms with E-state index in [0.717, 1.165) is 0 Å². The van der Waals surface area contributed by atoms with Gasteiger partial charge in [-0.25, -0.2) is 4.39 Å². The van der Waals surface area contributed by atoms with Crippen LogP contribution < -0.4 is 15.4 Å². The van der Waals surface area contributed by atoms with Crippen molar-refractivity contribution in [2.45, 2.75) is 12.5 Å². The van der Waals surface area contributed by atoms with E-state index in [9.17, 15) is 14.0 Å². The average molecular weight is 252 g/mol. The maximum absolute atomic E-state index is 13.6. The molecule has 18 heavy (non-hydrogen) atoms. The van der Waals surface area contributed by atoms with Gasteiger partial charge in [0.2, 0.25) is 0 Å². The van der Waals surface area contributed by atoms with Gasteiger partial charge >= 0.3 is 11.8 Å². The van der Waals surface area contributed by atoms with Crippen LogP contribution in [-0.2, 0) is 15.1 Å². The van der Waals surface area contributed by atoms with Gasteiger partial charge in [-0.05, 0) is 24.6 Å². The zero-order valence-electron chi connectivity index (χ0n) is 10.0. The van der Waals surface area contributed by atoms with Crippen LogP contribution in [0.25, 0.3) is 0 Å². The first kappa shape index (κ1) is 12.3. The van der Waals surface area contributed by atoms with Crippen molar-refractivity contribution in [2.24, 2.45) is 0 Å². The number of ether oxygens (including phenoxy) is 1. The van der Waals surface area contributed by atoms with E-state index in [1.807, 2.05) is 0 Å². The predicted octanol–water partition coefficient (Wildman–Crippen LogP) is 0.295. The monoisotopic (exact) mass is 252 g/mol. The number of benzene rings is 1. The van der Waals surface area contributed by atoms with E-state index >= 15 is 0 Å². The Morgan fingerprint density at radius 3 is 2.61 bits per heavy atom. The van der Waals surface area contributed by atoms with E-state index in [-0.39, 0.29) is 12.3 Å². The summed E-state index contributed by atoms with van der Waals surface area (Å²) in [4.78, 5) is 22.4. The Kier molecular flexibility index (Phi) is 2.94. The number of carbonyl (C=O) groups excluding carboxylic acids is 2. The van der Waals surface area contributed by atoms with Crippen LogP contribution in [-0.4, -0.2) is 25.5 Å². The molecule has 96 valence electrons. The van der Waals surface area contributed by atoms with Crippen molar-refractivity contribution in [1.82, 2.24) is 10.6 Å². The molecule has 0 bridgehead atoms. The second-order valence-electron chi connectivity index (χ2n) is 4.32. The van der Waals surface area contributed by atoms with Crippen molar-refractivity contribution in [1.29, 1.82) is 0 Å². The molecule has 0 radical (unpaired) electrons. The molecule has 1 unspecified atom stereocenters. The van der Waals surface area contributed by atoms with Crippen molar-refractivity contribution in [3.8, 4) is 5.75 Å². The van der Waals surface area contributed by atoms with Crippen molar-refractivity contribution >= 4 is 11.8 Å². The van der Waals surface area contributed by atoms with Crippen molar-refractivity contribution < 1.29 is 18.7 Å². The fourth-order valence-corrected chi connectivity index (χ4v) is 1.87. The lowest BCUT2D eigenvalue weighted by Crippen LogP contribution is -2.60. The maximum Gasteiger partial charge on any atom is 0.310 e. The van der Waals surface area contributed by atoms with E-state index in [2.05, 4.69) is 10.6 Å². The molecular weight excluding hydrogens is 239 g/mol. The fourth-order valence-electron chi connectivity index (χ4n) is 1.87. The first-order valence-electron chi connectivity index (χ1n) is 5.40. The van der Waals surface area contributed by atoms with Gasteiger partial charge in [0.1, 0.15) is 0 Å². The summed E-state index contributed by atoms with van der Waals surface area (Å²) in [7, 11) is 1.38. The Morgan fingerprint density at radius 2 is 2.06 bits per heavy atom. The Labute approximate surface area is 103 Å². The molecule has 0 spiro atoms. The molecule has 1 atom stereocenters. The number of methoxy groups -OCH3 is 1. The van der Waals surface area contributed by atoms with Crippen LogP contribution in [0.5, 0.6) is 5.75 Å². The standard InChI is InChI=1S/C12H13FN2O3/c1-12(6-14-10(16)11(17)15-12)7-3-4-9(18-2)8(13)5-7/h3-5H,6H2,1-2H3,(H,14,16)(H,15,17). The van der Waals surface area contributed by atoms with Gasteiger partial charge in [0.05, 0.1) is 12.6 Å². The molecule has 2 N–H and O–H groups in total. The lowest BCUT2D eigenvalue weighted by Gasteiger charge is -2.35. The van der Waals surface area contributed by atoms with Gasteiger partial charge in [-0.15, -0.1) is 0 Å². The first-order chi connectivity index (χ1) is 8.46. The summed E-state index contributed by atoms with van der Waals surface area (Å²) in [5, 5.41) is 5.03. The first-order valence-corrected chi connectivity index (χ1v) is 5.40. The third-order valence-corrected chi connectivity index (χ3v) is 2.99. The molecule has 1 saturated heterocycles. The SMILES string of the molecule is COc1ccc(C2(C)CNC(=O)C(=O)N2)cc1F. The number of hydrogen-bond acceptors (Lipinski definition) is 3. The summed E-state index contributed by atoms with van der Waals surface area (Å²) in [6.07, 6.45) is 0. The quantitative estimate of drug-likeness (QED) is 0.744.